The average Bonchev–Trinajstić information content (AvgIpc) is 2.86. The van der Waals surface area contributed by atoms with Gasteiger partial charge in [-0.2, -0.15) is 0 Å². The number of thioether (sulfide) groups is 2. The van der Waals surface area contributed by atoms with Gasteiger partial charge in [0.25, 0.3) is 0 Å². The Kier molecular flexibility index (Phi) is 5.38. The molecule has 1 aromatic carbocycles. The molecule has 96 valence electrons. The Morgan fingerprint density at radius 2 is 1.83 bits per heavy atom. The minimum atomic E-state index is 0.549. The molecule has 0 aliphatic carbocycles. The number of nitrogens with zero attached hydrogens (tertiary/aromatic N) is 2. The van der Waals surface area contributed by atoms with Crippen LogP contribution in [0.2, 0.25) is 0 Å². The first-order chi connectivity index (χ1) is 8.78. The van der Waals surface area contributed by atoms with Gasteiger partial charge in [0.2, 0.25) is 0 Å². The SMILES string of the molecule is CSc1nnc(Sc2cccc(SC)c2CN)s1. The Morgan fingerprint density at radius 3 is 2.44 bits per heavy atom. The first-order valence-electron chi connectivity index (χ1n) is 5.19. The predicted molar refractivity (Wildman–Crippen MR) is 81.9 cm³/mol. The Balaban J connectivity index is 2.28. The van der Waals surface area contributed by atoms with Crippen molar-refractivity contribution in [3.8, 4) is 0 Å². The van der Waals surface area contributed by atoms with E-state index in [0.29, 0.717) is 6.54 Å². The standard InChI is InChI=1S/C11H13N3S4/c1-15-8-4-3-5-9(7(8)6-12)17-11-14-13-10(16-2)18-11/h3-5H,6,12H2,1-2H3. The lowest BCUT2D eigenvalue weighted by Gasteiger charge is -2.09. The molecule has 0 saturated carbocycles. The normalized spacial score (nSPS) is 10.8. The molecule has 0 aliphatic heterocycles. The molecular formula is C11H13N3S4. The van der Waals surface area contributed by atoms with Crippen molar-refractivity contribution >= 4 is 46.6 Å². The van der Waals surface area contributed by atoms with Gasteiger partial charge in [-0.05, 0) is 30.2 Å². The maximum absolute atomic E-state index is 5.85. The van der Waals surface area contributed by atoms with E-state index in [1.807, 2.05) is 6.26 Å². The Bertz CT molecular complexity index is 527. The van der Waals surface area contributed by atoms with Crippen molar-refractivity contribution in [3.05, 3.63) is 23.8 Å². The number of benzene rings is 1. The predicted octanol–water partition coefficient (Wildman–Crippen LogP) is 3.59. The van der Waals surface area contributed by atoms with Crippen LogP contribution in [0.4, 0.5) is 0 Å². The van der Waals surface area contributed by atoms with Crippen molar-refractivity contribution in [1.29, 1.82) is 0 Å². The van der Waals surface area contributed by atoms with Crippen molar-refractivity contribution in [3.63, 3.8) is 0 Å². The molecule has 2 N–H and O–H groups in total. The molecule has 0 radical (unpaired) electrons. The Hall–Kier alpha value is -0.210. The zero-order chi connectivity index (χ0) is 13.0. The highest BCUT2D eigenvalue weighted by atomic mass is 32.2. The second-order valence-electron chi connectivity index (χ2n) is 3.28. The third-order valence-corrected chi connectivity index (χ3v) is 6.15. The lowest BCUT2D eigenvalue weighted by molar-refractivity contribution is 0.949. The molecule has 7 heteroatoms. The van der Waals surface area contributed by atoms with Crippen LogP contribution >= 0.6 is 46.6 Å². The third kappa shape index (κ3) is 3.21. The lowest BCUT2D eigenvalue weighted by Crippen LogP contribution is -2.00. The summed E-state index contributed by atoms with van der Waals surface area (Å²) < 4.78 is 1.96. The summed E-state index contributed by atoms with van der Waals surface area (Å²) >= 11 is 6.60. The van der Waals surface area contributed by atoms with E-state index in [0.717, 1.165) is 8.68 Å². The van der Waals surface area contributed by atoms with Crippen LogP contribution in [0.3, 0.4) is 0 Å². The monoisotopic (exact) mass is 315 g/mol. The molecule has 0 spiro atoms. The van der Waals surface area contributed by atoms with Crippen molar-refractivity contribution in [2.45, 2.75) is 25.0 Å². The topological polar surface area (TPSA) is 51.8 Å². The average molecular weight is 316 g/mol. The molecule has 0 bridgehead atoms. The van der Waals surface area contributed by atoms with Gasteiger partial charge in [0.15, 0.2) is 8.68 Å². The Labute approximate surface area is 123 Å². The summed E-state index contributed by atoms with van der Waals surface area (Å²) in [6, 6.07) is 6.25. The summed E-state index contributed by atoms with van der Waals surface area (Å²) in [5, 5.41) is 8.28. The van der Waals surface area contributed by atoms with Gasteiger partial charge in [0.1, 0.15) is 0 Å². The zero-order valence-electron chi connectivity index (χ0n) is 10.0. The third-order valence-electron chi connectivity index (χ3n) is 2.27. The van der Waals surface area contributed by atoms with E-state index in [2.05, 4.69) is 34.7 Å². The number of rotatable bonds is 5. The maximum Gasteiger partial charge on any atom is 0.179 e. The van der Waals surface area contributed by atoms with Gasteiger partial charge in [-0.15, -0.1) is 22.0 Å². The summed E-state index contributed by atoms with van der Waals surface area (Å²) in [4.78, 5) is 2.41. The van der Waals surface area contributed by atoms with E-state index in [4.69, 9.17) is 5.73 Å². The van der Waals surface area contributed by atoms with E-state index in [1.165, 1.54) is 15.4 Å². The largest absolute Gasteiger partial charge is 0.326 e. The molecule has 0 aliphatic rings. The van der Waals surface area contributed by atoms with E-state index in [-0.39, 0.29) is 0 Å². The molecule has 0 fully saturated rings. The van der Waals surface area contributed by atoms with Crippen LogP contribution in [0.5, 0.6) is 0 Å². The van der Waals surface area contributed by atoms with Crippen LogP contribution in [-0.4, -0.2) is 22.7 Å². The van der Waals surface area contributed by atoms with Crippen LogP contribution in [0.15, 0.2) is 36.7 Å². The lowest BCUT2D eigenvalue weighted by atomic mass is 10.2. The van der Waals surface area contributed by atoms with Crippen LogP contribution in [0.1, 0.15) is 5.56 Å². The summed E-state index contributed by atoms with van der Waals surface area (Å²) in [5.74, 6) is 0. The van der Waals surface area contributed by atoms with E-state index < -0.39 is 0 Å². The van der Waals surface area contributed by atoms with E-state index >= 15 is 0 Å². The molecule has 1 aromatic heterocycles. The smallest absolute Gasteiger partial charge is 0.179 e. The minimum Gasteiger partial charge on any atom is -0.326 e. The summed E-state index contributed by atoms with van der Waals surface area (Å²) in [5.41, 5.74) is 7.04. The van der Waals surface area contributed by atoms with Gasteiger partial charge in [-0.3, -0.25) is 0 Å². The molecule has 2 aromatic rings. The van der Waals surface area contributed by atoms with Crippen LogP contribution < -0.4 is 5.73 Å². The van der Waals surface area contributed by atoms with Crippen LogP contribution in [0, 0.1) is 0 Å². The second kappa shape index (κ2) is 6.81. The first kappa shape index (κ1) is 14.2. The van der Waals surface area contributed by atoms with Crippen LogP contribution in [-0.2, 0) is 6.54 Å². The molecule has 18 heavy (non-hydrogen) atoms. The van der Waals surface area contributed by atoms with Gasteiger partial charge >= 0.3 is 0 Å². The molecular weight excluding hydrogens is 302 g/mol. The Morgan fingerprint density at radius 1 is 1.11 bits per heavy atom. The van der Waals surface area contributed by atoms with Gasteiger partial charge in [-0.1, -0.05) is 40.9 Å². The minimum absolute atomic E-state index is 0.549. The van der Waals surface area contributed by atoms with Crippen molar-refractivity contribution < 1.29 is 0 Å². The highest BCUT2D eigenvalue weighted by Gasteiger charge is 2.11. The second-order valence-corrected chi connectivity index (χ2v) is 7.45. The summed E-state index contributed by atoms with van der Waals surface area (Å²) in [7, 11) is 0. The molecule has 0 amide bonds. The zero-order valence-corrected chi connectivity index (χ0v) is 13.3. The fourth-order valence-electron chi connectivity index (χ4n) is 1.45. The van der Waals surface area contributed by atoms with Gasteiger partial charge in [0.05, 0.1) is 0 Å². The fraction of sp³-hybridized carbons (Fsp3) is 0.273. The molecule has 3 nitrogen and oxygen atoms in total. The molecule has 0 atom stereocenters. The summed E-state index contributed by atoms with van der Waals surface area (Å²) in [6.07, 6.45) is 4.08. The van der Waals surface area contributed by atoms with Crippen molar-refractivity contribution in [2.75, 3.05) is 12.5 Å². The highest BCUT2D eigenvalue weighted by molar-refractivity contribution is 8.03. The van der Waals surface area contributed by atoms with Crippen molar-refractivity contribution in [2.24, 2.45) is 5.73 Å². The van der Waals surface area contributed by atoms with Gasteiger partial charge in [0, 0.05) is 16.3 Å². The van der Waals surface area contributed by atoms with Gasteiger partial charge < -0.3 is 5.73 Å². The number of nitrogens with two attached hydrogens (primary N) is 1. The van der Waals surface area contributed by atoms with E-state index in [1.54, 1.807) is 46.6 Å². The van der Waals surface area contributed by atoms with Crippen molar-refractivity contribution in [1.82, 2.24) is 10.2 Å². The maximum atomic E-state index is 5.85. The number of hydrogen-bond acceptors (Lipinski definition) is 7. The number of aromatic nitrogens is 2. The van der Waals surface area contributed by atoms with Crippen LogP contribution in [0.25, 0.3) is 0 Å². The molecule has 2 rings (SSSR count). The van der Waals surface area contributed by atoms with Gasteiger partial charge in [-0.25, -0.2) is 0 Å². The van der Waals surface area contributed by atoms with E-state index in [9.17, 15) is 0 Å². The number of hydrogen-bond donors (Lipinski definition) is 1. The highest BCUT2D eigenvalue weighted by Crippen LogP contribution is 2.37. The quantitative estimate of drug-likeness (QED) is 0.851. The first-order valence-corrected chi connectivity index (χ1v) is 9.28. The molecule has 0 saturated heterocycles. The summed E-state index contributed by atoms with van der Waals surface area (Å²) in [6.45, 7) is 0.549. The molecule has 1 heterocycles. The fourth-order valence-corrected chi connectivity index (χ4v) is 4.74. The molecule has 0 unspecified atom stereocenters.